The molecular weight excluding hydrogens is 748 g/mol. The molecule has 0 aliphatic carbocycles. The van der Waals surface area contributed by atoms with Gasteiger partial charge in [-0.3, -0.25) is 4.79 Å². The zero-order valence-corrected chi connectivity index (χ0v) is 33.4. The molecule has 8 aromatic carbocycles. The van der Waals surface area contributed by atoms with Crippen molar-refractivity contribution in [1.29, 1.82) is 0 Å². The van der Waals surface area contributed by atoms with Gasteiger partial charge < -0.3 is 18.9 Å². The molecule has 0 amide bonds. The predicted octanol–water partition coefficient (Wildman–Crippen LogP) is 12.8. The number of aryl methyl sites for hydroxylation is 1. The second-order valence-corrected chi connectivity index (χ2v) is 14.9. The van der Waals surface area contributed by atoms with E-state index in [-0.39, 0.29) is 5.75 Å². The van der Waals surface area contributed by atoms with Crippen LogP contribution in [0.5, 0.6) is 23.0 Å². The van der Waals surface area contributed by atoms with E-state index in [1.807, 2.05) is 73.7 Å². The molecular formula is C54H41FO5. The fourth-order valence-electron chi connectivity index (χ4n) is 8.35. The van der Waals surface area contributed by atoms with E-state index in [0.717, 1.165) is 55.7 Å². The van der Waals surface area contributed by atoms with Gasteiger partial charge in [-0.05, 0) is 88.7 Å². The predicted molar refractivity (Wildman–Crippen MR) is 237 cm³/mol. The molecule has 1 atom stereocenters. The van der Waals surface area contributed by atoms with Gasteiger partial charge in [0.2, 0.25) is 0 Å². The van der Waals surface area contributed by atoms with Crippen molar-refractivity contribution in [2.45, 2.75) is 25.0 Å². The lowest BCUT2D eigenvalue weighted by molar-refractivity contribution is -0.132. The third-order valence-corrected chi connectivity index (χ3v) is 11.2. The van der Waals surface area contributed by atoms with Crippen molar-refractivity contribution in [1.82, 2.24) is 0 Å². The third kappa shape index (κ3) is 6.76. The zero-order chi connectivity index (χ0) is 41.3. The molecule has 6 heteroatoms. The number of halogens is 1. The lowest BCUT2D eigenvalue weighted by atomic mass is 9.82. The maximum absolute atomic E-state index is 15.3. The minimum atomic E-state index is -1.28. The third-order valence-electron chi connectivity index (χ3n) is 11.2. The van der Waals surface area contributed by atoms with E-state index >= 15 is 4.39 Å². The van der Waals surface area contributed by atoms with Gasteiger partial charge in [0.15, 0.2) is 22.7 Å². The summed E-state index contributed by atoms with van der Waals surface area (Å²) in [6.07, 6.45) is 8.17. The molecule has 0 bridgehead atoms. The Morgan fingerprint density at radius 1 is 0.567 bits per heavy atom. The Bertz CT molecular complexity index is 2910. The number of benzene rings is 8. The van der Waals surface area contributed by atoms with Crippen LogP contribution in [-0.4, -0.2) is 13.1 Å². The van der Waals surface area contributed by atoms with E-state index in [1.54, 1.807) is 31.4 Å². The molecule has 2 heterocycles. The molecule has 60 heavy (non-hydrogen) atoms. The van der Waals surface area contributed by atoms with Gasteiger partial charge in [0.25, 0.3) is 0 Å². The Hall–Kier alpha value is -7.44. The summed E-state index contributed by atoms with van der Waals surface area (Å²) < 4.78 is 39.7. The summed E-state index contributed by atoms with van der Waals surface area (Å²) in [4.78, 5) is 11.9. The van der Waals surface area contributed by atoms with Crippen molar-refractivity contribution in [3.63, 3.8) is 0 Å². The second-order valence-electron chi connectivity index (χ2n) is 14.9. The molecule has 0 saturated carbocycles. The monoisotopic (exact) mass is 788 g/mol. The molecule has 0 N–H and O–H groups in total. The molecule has 0 radical (unpaired) electrons. The molecule has 0 aromatic heterocycles. The molecule has 0 saturated heterocycles. The van der Waals surface area contributed by atoms with E-state index in [0.29, 0.717) is 11.3 Å². The Morgan fingerprint density at radius 2 is 1.17 bits per heavy atom. The fourth-order valence-corrected chi connectivity index (χ4v) is 8.35. The molecule has 294 valence electrons. The standard InChI is InChI=1S/C29H23FO4.C25H18O/c1-18-16-21(12-13-26(18)32-3)29(24-10-6-7-11-25(24)30)15-14-23-22-9-5-4-8-20(22)17-27(28(23)34-29)33-19(2)31;1-3-10-20(11-4-1)25(21-12-5-2-6-13-21)18-17-23-22-14-8-7-9-19(22)15-16-24(23)26-25/h4-17H,1-3H3;1-18H. The summed E-state index contributed by atoms with van der Waals surface area (Å²) in [5, 5.41) is 4.30. The van der Waals surface area contributed by atoms with Gasteiger partial charge in [-0.15, -0.1) is 0 Å². The number of fused-ring (bicyclic) bond motifs is 6. The fraction of sp³-hybridized carbons (Fsp3) is 0.0926. The number of esters is 1. The maximum atomic E-state index is 15.3. The van der Waals surface area contributed by atoms with E-state index in [9.17, 15) is 4.79 Å². The van der Waals surface area contributed by atoms with Crippen LogP contribution in [0.2, 0.25) is 0 Å². The summed E-state index contributed by atoms with van der Waals surface area (Å²) in [6.45, 7) is 3.27. The topological polar surface area (TPSA) is 54.0 Å². The summed E-state index contributed by atoms with van der Waals surface area (Å²) in [5.74, 6) is 1.44. The average molecular weight is 789 g/mol. The lowest BCUT2D eigenvalue weighted by Crippen LogP contribution is -2.35. The molecule has 2 aliphatic heterocycles. The highest BCUT2D eigenvalue weighted by Crippen LogP contribution is 2.50. The number of methoxy groups -OCH3 is 1. The van der Waals surface area contributed by atoms with Crippen LogP contribution in [0.3, 0.4) is 0 Å². The first-order valence-electron chi connectivity index (χ1n) is 19.8. The summed E-state index contributed by atoms with van der Waals surface area (Å²) in [6, 6.07) is 55.2. The van der Waals surface area contributed by atoms with E-state index in [4.69, 9.17) is 18.9 Å². The van der Waals surface area contributed by atoms with E-state index in [2.05, 4.69) is 97.1 Å². The van der Waals surface area contributed by atoms with Crippen LogP contribution >= 0.6 is 0 Å². The van der Waals surface area contributed by atoms with Gasteiger partial charge in [-0.1, -0.05) is 140 Å². The largest absolute Gasteiger partial charge is 0.496 e. The molecule has 8 aromatic rings. The van der Waals surface area contributed by atoms with Gasteiger partial charge in [-0.25, -0.2) is 4.39 Å². The van der Waals surface area contributed by atoms with Crippen molar-refractivity contribution < 1.29 is 28.1 Å². The quantitative estimate of drug-likeness (QED) is 0.124. The highest BCUT2D eigenvalue weighted by atomic mass is 19.1. The van der Waals surface area contributed by atoms with Gasteiger partial charge in [0, 0.05) is 40.3 Å². The van der Waals surface area contributed by atoms with Crippen LogP contribution in [0.1, 0.15) is 45.9 Å². The van der Waals surface area contributed by atoms with Crippen molar-refractivity contribution in [2.24, 2.45) is 0 Å². The number of rotatable bonds is 6. The number of carbonyl (C=O) groups is 1. The lowest BCUT2D eigenvalue weighted by Gasteiger charge is -2.37. The second kappa shape index (κ2) is 15.7. The maximum Gasteiger partial charge on any atom is 0.308 e. The van der Waals surface area contributed by atoms with Crippen molar-refractivity contribution in [2.75, 3.05) is 7.11 Å². The summed E-state index contributed by atoms with van der Waals surface area (Å²) >= 11 is 0. The Kier molecular flexibility index (Phi) is 9.98. The minimum absolute atomic E-state index is 0.288. The number of hydrogen-bond acceptors (Lipinski definition) is 5. The first-order chi connectivity index (χ1) is 29.3. The number of carbonyl (C=O) groups excluding carboxylic acids is 1. The van der Waals surface area contributed by atoms with Crippen LogP contribution in [0.15, 0.2) is 182 Å². The van der Waals surface area contributed by atoms with Crippen LogP contribution in [-0.2, 0) is 16.0 Å². The normalized spacial score (nSPS) is 15.7. The van der Waals surface area contributed by atoms with Crippen LogP contribution < -0.4 is 18.9 Å². The van der Waals surface area contributed by atoms with Gasteiger partial charge in [0.1, 0.15) is 17.3 Å². The van der Waals surface area contributed by atoms with Crippen LogP contribution in [0, 0.1) is 12.7 Å². The van der Waals surface area contributed by atoms with Gasteiger partial charge in [0.05, 0.1) is 7.11 Å². The van der Waals surface area contributed by atoms with Crippen LogP contribution in [0.4, 0.5) is 4.39 Å². The van der Waals surface area contributed by atoms with Crippen molar-refractivity contribution >= 4 is 39.7 Å². The highest BCUT2D eigenvalue weighted by molar-refractivity contribution is 5.97. The van der Waals surface area contributed by atoms with Gasteiger partial charge >= 0.3 is 5.97 Å². The Morgan fingerprint density at radius 3 is 1.83 bits per heavy atom. The minimum Gasteiger partial charge on any atom is -0.496 e. The molecule has 10 rings (SSSR count). The molecule has 2 aliphatic rings. The van der Waals surface area contributed by atoms with E-state index < -0.39 is 23.0 Å². The first kappa shape index (κ1) is 38.1. The summed E-state index contributed by atoms with van der Waals surface area (Å²) in [5.41, 5.74) is 4.23. The Labute approximate surface area is 348 Å². The number of ether oxygens (including phenoxy) is 4. The summed E-state index contributed by atoms with van der Waals surface area (Å²) in [7, 11) is 1.61. The van der Waals surface area contributed by atoms with E-state index in [1.165, 1.54) is 23.8 Å². The smallest absolute Gasteiger partial charge is 0.308 e. The number of hydrogen-bond donors (Lipinski definition) is 0. The van der Waals surface area contributed by atoms with Crippen molar-refractivity contribution in [3.8, 4) is 23.0 Å². The molecule has 5 nitrogen and oxygen atoms in total. The first-order valence-corrected chi connectivity index (χ1v) is 19.8. The van der Waals surface area contributed by atoms with Crippen molar-refractivity contribution in [3.05, 3.63) is 227 Å². The zero-order valence-electron chi connectivity index (χ0n) is 33.4. The average Bonchev–Trinajstić information content (AvgIpc) is 3.29. The highest BCUT2D eigenvalue weighted by Gasteiger charge is 2.41. The molecule has 0 spiro atoms. The molecule has 1 unspecified atom stereocenters. The Balaban J connectivity index is 0.000000159. The van der Waals surface area contributed by atoms with Crippen LogP contribution in [0.25, 0.3) is 33.7 Å². The SMILES string of the molecule is C1=CC(c2ccccc2)(c2ccccc2)Oc2ccc3ccccc3c21.COc1ccc(C2(c3ccccc3F)C=Cc3c(c(OC(C)=O)cc4ccccc34)O2)cc1C. The van der Waals surface area contributed by atoms with Gasteiger partial charge in [-0.2, -0.15) is 0 Å². The molecule has 0 fully saturated rings.